The molecule has 0 unspecified atom stereocenters. The molecule has 0 amide bonds. The molecule has 25 heavy (non-hydrogen) atoms. The van der Waals surface area contributed by atoms with Crippen LogP contribution in [0.25, 0.3) is 0 Å². The Kier molecular flexibility index (Phi) is 14.4. The zero-order chi connectivity index (χ0) is 18.0. The van der Waals surface area contributed by atoms with Gasteiger partial charge in [0.25, 0.3) is 0 Å². The summed E-state index contributed by atoms with van der Waals surface area (Å²) in [7, 11) is 0. The Morgan fingerprint density at radius 1 is 0.640 bits per heavy atom. The van der Waals surface area contributed by atoms with Gasteiger partial charge in [0.15, 0.2) is 0 Å². The Labute approximate surface area is 155 Å². The molecule has 0 atom stereocenters. The molecule has 0 aliphatic heterocycles. The first kappa shape index (κ1) is 22.0. The van der Waals surface area contributed by atoms with E-state index in [2.05, 4.69) is 49.1 Å². The molecule has 0 bridgehead atoms. The molecule has 3 nitrogen and oxygen atoms in total. The molecule has 0 radical (unpaired) electrons. The Balaban J connectivity index is 2.21. The van der Waals surface area contributed by atoms with Gasteiger partial charge in [0, 0.05) is 32.0 Å². The number of hydrogen-bond acceptors (Lipinski definition) is 3. The summed E-state index contributed by atoms with van der Waals surface area (Å²) in [6.45, 7) is 9.69. The van der Waals surface area contributed by atoms with E-state index in [1.807, 2.05) is 0 Å². The molecule has 0 aliphatic rings. The fourth-order valence-corrected chi connectivity index (χ4v) is 2.82. The third-order valence-corrected chi connectivity index (χ3v) is 4.42. The zero-order valence-corrected chi connectivity index (χ0v) is 16.5. The van der Waals surface area contributed by atoms with Gasteiger partial charge in [-0.05, 0) is 25.0 Å². The number of para-hydroxylation sites is 1. The standard InChI is InChI=1S/C22H39NO2/c1-3-5-7-12-18-24-20-16-23(22-14-10-9-11-15-22)17-21-25-19-13-8-6-4-2/h9-11,14-15H,3-8,12-13,16-21H2,1-2H3. The van der Waals surface area contributed by atoms with Gasteiger partial charge in [-0.3, -0.25) is 0 Å². The largest absolute Gasteiger partial charge is 0.380 e. The molecular weight excluding hydrogens is 310 g/mol. The summed E-state index contributed by atoms with van der Waals surface area (Å²) in [5.74, 6) is 0. The molecule has 3 heteroatoms. The second kappa shape index (κ2) is 16.4. The van der Waals surface area contributed by atoms with Gasteiger partial charge in [-0.2, -0.15) is 0 Å². The summed E-state index contributed by atoms with van der Waals surface area (Å²) in [5, 5.41) is 0. The fourth-order valence-electron chi connectivity index (χ4n) is 2.82. The minimum absolute atomic E-state index is 0.789. The monoisotopic (exact) mass is 349 g/mol. The lowest BCUT2D eigenvalue weighted by Gasteiger charge is -2.24. The number of hydrogen-bond donors (Lipinski definition) is 0. The smallest absolute Gasteiger partial charge is 0.0641 e. The number of nitrogens with zero attached hydrogens (tertiary/aromatic N) is 1. The fraction of sp³-hybridized carbons (Fsp3) is 0.727. The second-order valence-corrected chi connectivity index (χ2v) is 6.67. The number of ether oxygens (including phenoxy) is 2. The topological polar surface area (TPSA) is 21.7 Å². The zero-order valence-electron chi connectivity index (χ0n) is 16.5. The molecule has 0 fully saturated rings. The van der Waals surface area contributed by atoms with Crippen LogP contribution in [0.2, 0.25) is 0 Å². The molecule has 0 aliphatic carbocycles. The van der Waals surface area contributed by atoms with E-state index < -0.39 is 0 Å². The highest BCUT2D eigenvalue weighted by Crippen LogP contribution is 2.12. The van der Waals surface area contributed by atoms with Crippen LogP contribution in [0.5, 0.6) is 0 Å². The Hall–Kier alpha value is -1.06. The first-order valence-electron chi connectivity index (χ1n) is 10.3. The first-order chi connectivity index (χ1) is 12.4. The van der Waals surface area contributed by atoms with E-state index in [1.165, 1.54) is 57.1 Å². The molecule has 0 spiro atoms. The van der Waals surface area contributed by atoms with E-state index in [-0.39, 0.29) is 0 Å². The molecule has 0 N–H and O–H groups in total. The van der Waals surface area contributed by atoms with Crippen LogP contribution in [0.3, 0.4) is 0 Å². The molecule has 144 valence electrons. The van der Waals surface area contributed by atoms with Crippen molar-refractivity contribution >= 4 is 5.69 Å². The van der Waals surface area contributed by atoms with Crippen molar-refractivity contribution in [2.75, 3.05) is 44.4 Å². The van der Waals surface area contributed by atoms with Gasteiger partial charge in [0.2, 0.25) is 0 Å². The van der Waals surface area contributed by atoms with Crippen molar-refractivity contribution in [1.82, 2.24) is 0 Å². The third-order valence-electron chi connectivity index (χ3n) is 4.42. The van der Waals surface area contributed by atoms with Crippen LogP contribution in [0.4, 0.5) is 5.69 Å². The van der Waals surface area contributed by atoms with Crippen molar-refractivity contribution < 1.29 is 9.47 Å². The highest BCUT2D eigenvalue weighted by molar-refractivity contribution is 5.45. The van der Waals surface area contributed by atoms with Crippen LogP contribution in [0, 0.1) is 0 Å². The Morgan fingerprint density at radius 2 is 1.16 bits per heavy atom. The Bertz CT molecular complexity index is 365. The molecule has 0 heterocycles. The summed E-state index contributed by atoms with van der Waals surface area (Å²) >= 11 is 0. The van der Waals surface area contributed by atoms with Gasteiger partial charge >= 0.3 is 0 Å². The average Bonchev–Trinajstić information content (AvgIpc) is 2.65. The van der Waals surface area contributed by atoms with Gasteiger partial charge < -0.3 is 14.4 Å². The van der Waals surface area contributed by atoms with Crippen molar-refractivity contribution in [2.45, 2.75) is 65.2 Å². The van der Waals surface area contributed by atoms with Gasteiger partial charge in [-0.15, -0.1) is 0 Å². The lowest BCUT2D eigenvalue weighted by atomic mass is 10.2. The quantitative estimate of drug-likeness (QED) is 0.337. The van der Waals surface area contributed by atoms with Crippen LogP contribution in [-0.2, 0) is 9.47 Å². The summed E-state index contributed by atoms with van der Waals surface area (Å²) in [5.41, 5.74) is 1.26. The van der Waals surface area contributed by atoms with Crippen molar-refractivity contribution in [2.24, 2.45) is 0 Å². The van der Waals surface area contributed by atoms with Crippen molar-refractivity contribution in [1.29, 1.82) is 0 Å². The Morgan fingerprint density at radius 3 is 1.64 bits per heavy atom. The van der Waals surface area contributed by atoms with Crippen LogP contribution < -0.4 is 4.90 Å². The minimum Gasteiger partial charge on any atom is -0.380 e. The summed E-state index contributed by atoms with van der Waals surface area (Å²) in [6, 6.07) is 10.6. The normalized spacial score (nSPS) is 11.0. The van der Waals surface area contributed by atoms with Gasteiger partial charge in [-0.1, -0.05) is 70.6 Å². The van der Waals surface area contributed by atoms with E-state index in [0.717, 1.165) is 39.5 Å². The van der Waals surface area contributed by atoms with Crippen LogP contribution in [-0.4, -0.2) is 39.5 Å². The predicted octanol–water partition coefficient (Wildman–Crippen LogP) is 5.69. The van der Waals surface area contributed by atoms with Crippen molar-refractivity contribution in [3.8, 4) is 0 Å². The summed E-state index contributed by atoms with van der Waals surface area (Å²) in [4.78, 5) is 2.37. The molecule has 0 saturated carbocycles. The molecule has 1 aromatic rings. The van der Waals surface area contributed by atoms with Gasteiger partial charge in [0.1, 0.15) is 0 Å². The third kappa shape index (κ3) is 12.0. The van der Waals surface area contributed by atoms with E-state index in [9.17, 15) is 0 Å². The van der Waals surface area contributed by atoms with Crippen LogP contribution in [0.1, 0.15) is 65.2 Å². The second-order valence-electron chi connectivity index (χ2n) is 6.67. The number of anilines is 1. The van der Waals surface area contributed by atoms with E-state index >= 15 is 0 Å². The predicted molar refractivity (Wildman–Crippen MR) is 109 cm³/mol. The van der Waals surface area contributed by atoms with Crippen molar-refractivity contribution in [3.63, 3.8) is 0 Å². The maximum absolute atomic E-state index is 5.82. The first-order valence-corrected chi connectivity index (χ1v) is 10.3. The summed E-state index contributed by atoms with van der Waals surface area (Å²) < 4.78 is 11.6. The van der Waals surface area contributed by atoms with Crippen LogP contribution in [0.15, 0.2) is 30.3 Å². The maximum atomic E-state index is 5.82. The molecule has 0 saturated heterocycles. The highest BCUT2D eigenvalue weighted by Gasteiger charge is 2.06. The van der Waals surface area contributed by atoms with E-state index in [1.54, 1.807) is 0 Å². The molecule has 1 rings (SSSR count). The minimum atomic E-state index is 0.789. The number of unbranched alkanes of at least 4 members (excludes halogenated alkanes) is 6. The van der Waals surface area contributed by atoms with Crippen LogP contribution >= 0.6 is 0 Å². The average molecular weight is 350 g/mol. The van der Waals surface area contributed by atoms with Gasteiger partial charge in [-0.25, -0.2) is 0 Å². The number of benzene rings is 1. The molecule has 0 aromatic heterocycles. The van der Waals surface area contributed by atoms with Crippen molar-refractivity contribution in [3.05, 3.63) is 30.3 Å². The SMILES string of the molecule is CCCCCCOCCN(CCOCCCCCC)c1ccccc1. The maximum Gasteiger partial charge on any atom is 0.0641 e. The molecular formula is C22H39NO2. The van der Waals surface area contributed by atoms with Gasteiger partial charge in [0.05, 0.1) is 13.2 Å². The lowest BCUT2D eigenvalue weighted by Crippen LogP contribution is -2.31. The lowest BCUT2D eigenvalue weighted by molar-refractivity contribution is 0.124. The molecule has 1 aromatic carbocycles. The summed E-state index contributed by atoms with van der Waals surface area (Å²) in [6.07, 6.45) is 10.1. The van der Waals surface area contributed by atoms with E-state index in [0.29, 0.717) is 0 Å². The number of rotatable bonds is 17. The highest BCUT2D eigenvalue weighted by atomic mass is 16.5. The van der Waals surface area contributed by atoms with E-state index in [4.69, 9.17) is 9.47 Å².